The van der Waals surface area contributed by atoms with Gasteiger partial charge in [0.2, 0.25) is 0 Å². The smallest absolute Gasteiger partial charge is 0.271 e. The van der Waals surface area contributed by atoms with Crippen molar-refractivity contribution >= 4 is 17.3 Å². The molecule has 3 rings (SSSR count). The lowest BCUT2D eigenvalue weighted by atomic mass is 9.78. The van der Waals surface area contributed by atoms with Crippen LogP contribution >= 0.6 is 0 Å². The summed E-state index contributed by atoms with van der Waals surface area (Å²) in [5, 5.41) is 15.0. The van der Waals surface area contributed by atoms with E-state index in [9.17, 15) is 14.9 Å². The number of likely N-dealkylation sites (tertiary alicyclic amines) is 1. The fourth-order valence-electron chi connectivity index (χ4n) is 3.54. The van der Waals surface area contributed by atoms with Crippen molar-refractivity contribution in [3.05, 3.63) is 51.7 Å². The van der Waals surface area contributed by atoms with Gasteiger partial charge in [0.25, 0.3) is 11.6 Å². The Balaban J connectivity index is 1.72. The number of nitro benzene ring substituents is 1. The van der Waals surface area contributed by atoms with Crippen LogP contribution in [-0.2, 0) is 0 Å². The van der Waals surface area contributed by atoms with Gasteiger partial charge in [-0.25, -0.2) is 5.43 Å². The first-order valence-corrected chi connectivity index (χ1v) is 8.91. The zero-order chi connectivity index (χ0) is 18.7. The molecule has 1 aromatic rings. The highest BCUT2D eigenvalue weighted by Gasteiger charge is 2.29. The minimum Gasteiger partial charge on any atom is -0.375 e. The van der Waals surface area contributed by atoms with Crippen molar-refractivity contribution in [3.8, 4) is 0 Å². The SMILES string of the molecule is CC1(C)CC(N2CCCC2)=C/C(=N/NC(=O)c2ccc([N+](=O)[O-])cc2)C1. The van der Waals surface area contributed by atoms with E-state index in [-0.39, 0.29) is 17.0 Å². The largest absolute Gasteiger partial charge is 0.375 e. The van der Waals surface area contributed by atoms with Crippen LogP contribution in [0.1, 0.15) is 49.9 Å². The Labute approximate surface area is 152 Å². The van der Waals surface area contributed by atoms with E-state index in [1.807, 2.05) is 0 Å². The van der Waals surface area contributed by atoms with Crippen molar-refractivity contribution in [2.75, 3.05) is 13.1 Å². The standard InChI is InChI=1S/C19H24N4O3/c1-19(2)12-15(11-17(13-19)22-9-3-4-10-22)20-21-18(24)14-5-7-16(8-6-14)23(25)26/h5-8,11H,3-4,9-10,12-13H2,1-2H3,(H,21,24)/b20-15-. The number of nitro groups is 1. The van der Waals surface area contributed by atoms with Gasteiger partial charge in [0.1, 0.15) is 0 Å². The number of benzene rings is 1. The van der Waals surface area contributed by atoms with E-state index in [2.05, 4.69) is 35.4 Å². The van der Waals surface area contributed by atoms with Gasteiger partial charge in [-0.05, 0) is 49.3 Å². The third-order valence-electron chi connectivity index (χ3n) is 4.81. The Bertz CT molecular complexity index is 759. The van der Waals surface area contributed by atoms with Crippen molar-refractivity contribution in [1.29, 1.82) is 0 Å². The molecular formula is C19H24N4O3. The number of carbonyl (C=O) groups excluding carboxylic acids is 1. The molecule has 1 amide bonds. The Hall–Kier alpha value is -2.70. The number of nitrogens with one attached hydrogen (secondary N) is 1. The van der Waals surface area contributed by atoms with Gasteiger partial charge in [0, 0.05) is 36.5 Å². The maximum Gasteiger partial charge on any atom is 0.271 e. The second-order valence-electron chi connectivity index (χ2n) is 7.70. The van der Waals surface area contributed by atoms with Crippen LogP contribution in [0.5, 0.6) is 0 Å². The molecule has 0 radical (unpaired) electrons. The molecule has 1 aliphatic carbocycles. The number of carbonyl (C=O) groups is 1. The van der Waals surface area contributed by atoms with E-state index in [0.29, 0.717) is 5.56 Å². The number of non-ortho nitro benzene ring substituents is 1. The Morgan fingerprint density at radius 1 is 1.19 bits per heavy atom. The number of hydrogen-bond donors (Lipinski definition) is 1. The van der Waals surface area contributed by atoms with Gasteiger partial charge in [-0.15, -0.1) is 0 Å². The number of amides is 1. The van der Waals surface area contributed by atoms with Crippen LogP contribution in [0, 0.1) is 15.5 Å². The van der Waals surface area contributed by atoms with Crippen LogP contribution in [-0.4, -0.2) is 34.5 Å². The van der Waals surface area contributed by atoms with Crippen molar-refractivity contribution in [3.63, 3.8) is 0 Å². The maximum atomic E-state index is 12.2. The highest BCUT2D eigenvalue weighted by atomic mass is 16.6. The first kappa shape index (κ1) is 18.1. The molecule has 138 valence electrons. The lowest BCUT2D eigenvalue weighted by Crippen LogP contribution is -2.31. The zero-order valence-electron chi connectivity index (χ0n) is 15.2. The van der Waals surface area contributed by atoms with Crippen molar-refractivity contribution in [2.24, 2.45) is 10.5 Å². The molecule has 1 N–H and O–H groups in total. The van der Waals surface area contributed by atoms with E-state index < -0.39 is 4.92 Å². The van der Waals surface area contributed by atoms with E-state index in [4.69, 9.17) is 0 Å². The molecule has 0 saturated carbocycles. The average Bonchev–Trinajstić information content (AvgIpc) is 3.13. The lowest BCUT2D eigenvalue weighted by molar-refractivity contribution is -0.384. The molecule has 0 atom stereocenters. The molecule has 2 aliphatic rings. The quantitative estimate of drug-likeness (QED) is 0.661. The number of rotatable bonds is 4. The molecule has 0 unspecified atom stereocenters. The number of hydrazone groups is 1. The van der Waals surface area contributed by atoms with Gasteiger partial charge in [-0.2, -0.15) is 5.10 Å². The van der Waals surface area contributed by atoms with Gasteiger partial charge in [-0.3, -0.25) is 14.9 Å². The molecule has 1 fully saturated rings. The molecule has 1 aromatic carbocycles. The molecule has 1 saturated heterocycles. The summed E-state index contributed by atoms with van der Waals surface area (Å²) in [6.07, 6.45) is 6.35. The molecule has 7 nitrogen and oxygen atoms in total. The van der Waals surface area contributed by atoms with E-state index in [1.165, 1.54) is 42.8 Å². The zero-order valence-corrected chi connectivity index (χ0v) is 15.2. The molecule has 7 heteroatoms. The summed E-state index contributed by atoms with van der Waals surface area (Å²) in [6.45, 7) is 6.60. The van der Waals surface area contributed by atoms with Crippen molar-refractivity contribution in [1.82, 2.24) is 10.3 Å². The third-order valence-corrected chi connectivity index (χ3v) is 4.81. The van der Waals surface area contributed by atoms with Gasteiger partial charge in [-0.1, -0.05) is 13.8 Å². The molecule has 0 spiro atoms. The molecule has 0 aromatic heterocycles. The summed E-state index contributed by atoms with van der Waals surface area (Å²) in [4.78, 5) is 24.9. The molecular weight excluding hydrogens is 332 g/mol. The molecule has 26 heavy (non-hydrogen) atoms. The highest BCUT2D eigenvalue weighted by molar-refractivity contribution is 5.99. The van der Waals surface area contributed by atoms with Gasteiger partial charge in [0.05, 0.1) is 10.6 Å². The van der Waals surface area contributed by atoms with Crippen LogP contribution in [0.3, 0.4) is 0 Å². The Kier molecular flexibility index (Phi) is 5.06. The molecule has 1 aliphatic heterocycles. The monoisotopic (exact) mass is 356 g/mol. The molecule has 1 heterocycles. The minimum atomic E-state index is -0.489. The number of nitrogens with zero attached hydrogens (tertiary/aromatic N) is 3. The average molecular weight is 356 g/mol. The minimum absolute atomic E-state index is 0.0416. The Morgan fingerprint density at radius 3 is 2.46 bits per heavy atom. The predicted octanol–water partition coefficient (Wildman–Crippen LogP) is 3.48. The van der Waals surface area contributed by atoms with Crippen molar-refractivity contribution < 1.29 is 9.72 Å². The van der Waals surface area contributed by atoms with Crippen LogP contribution < -0.4 is 5.43 Å². The second-order valence-corrected chi connectivity index (χ2v) is 7.70. The van der Waals surface area contributed by atoms with Crippen LogP contribution in [0.4, 0.5) is 5.69 Å². The van der Waals surface area contributed by atoms with E-state index in [0.717, 1.165) is 31.6 Å². The topological polar surface area (TPSA) is 87.8 Å². The van der Waals surface area contributed by atoms with Gasteiger partial charge in [0.15, 0.2) is 0 Å². The third kappa shape index (κ3) is 4.28. The van der Waals surface area contributed by atoms with Crippen LogP contribution in [0.2, 0.25) is 0 Å². The van der Waals surface area contributed by atoms with E-state index >= 15 is 0 Å². The van der Waals surface area contributed by atoms with Crippen LogP contribution in [0.25, 0.3) is 0 Å². The Morgan fingerprint density at radius 2 is 1.85 bits per heavy atom. The highest BCUT2D eigenvalue weighted by Crippen LogP contribution is 2.36. The van der Waals surface area contributed by atoms with E-state index in [1.54, 1.807) is 0 Å². The lowest BCUT2D eigenvalue weighted by Gasteiger charge is -2.34. The normalized spacial score (nSPS) is 20.8. The first-order valence-electron chi connectivity index (χ1n) is 8.91. The fraction of sp³-hybridized carbons (Fsp3) is 0.474. The first-order chi connectivity index (χ1) is 12.3. The van der Waals surface area contributed by atoms with Gasteiger partial charge >= 0.3 is 0 Å². The van der Waals surface area contributed by atoms with Crippen LogP contribution in [0.15, 0.2) is 41.1 Å². The summed E-state index contributed by atoms with van der Waals surface area (Å²) in [5.41, 5.74) is 5.14. The number of allylic oxidation sites excluding steroid dienone is 2. The summed E-state index contributed by atoms with van der Waals surface area (Å²) in [5.74, 6) is -0.369. The van der Waals surface area contributed by atoms with Crippen molar-refractivity contribution in [2.45, 2.75) is 39.5 Å². The second kappa shape index (κ2) is 7.27. The summed E-state index contributed by atoms with van der Waals surface area (Å²) in [6, 6.07) is 5.50. The van der Waals surface area contributed by atoms with Gasteiger partial charge < -0.3 is 4.90 Å². The molecule has 0 bridgehead atoms. The predicted molar refractivity (Wildman–Crippen MR) is 99.9 cm³/mol. The summed E-state index contributed by atoms with van der Waals surface area (Å²) < 4.78 is 0. The summed E-state index contributed by atoms with van der Waals surface area (Å²) in [7, 11) is 0. The number of hydrogen-bond acceptors (Lipinski definition) is 5. The fourth-order valence-corrected chi connectivity index (χ4v) is 3.54. The summed E-state index contributed by atoms with van der Waals surface area (Å²) >= 11 is 0. The maximum absolute atomic E-state index is 12.2.